The van der Waals surface area contributed by atoms with Gasteiger partial charge < -0.3 is 9.09 Å². The second-order valence-corrected chi connectivity index (χ2v) is 5.67. The van der Waals surface area contributed by atoms with Crippen LogP contribution in [-0.2, 0) is 12.3 Å². The highest BCUT2D eigenvalue weighted by molar-refractivity contribution is 7.98. The van der Waals surface area contributed by atoms with Crippen LogP contribution >= 0.6 is 11.8 Å². The molecular weight excluding hydrogens is 260 g/mol. The van der Waals surface area contributed by atoms with E-state index in [4.69, 9.17) is 4.52 Å². The van der Waals surface area contributed by atoms with E-state index in [-0.39, 0.29) is 0 Å². The van der Waals surface area contributed by atoms with Crippen LogP contribution in [0.4, 0.5) is 0 Å². The molecule has 5 nitrogen and oxygen atoms in total. The summed E-state index contributed by atoms with van der Waals surface area (Å²) in [4.78, 5) is 0. The van der Waals surface area contributed by atoms with Gasteiger partial charge in [-0.2, -0.15) is 0 Å². The van der Waals surface area contributed by atoms with E-state index >= 15 is 0 Å². The summed E-state index contributed by atoms with van der Waals surface area (Å²) in [5.41, 5.74) is 0.934. The highest BCUT2D eigenvalue weighted by Crippen LogP contribution is 2.40. The number of allylic oxidation sites excluding steroid dienone is 1. The molecule has 0 aliphatic heterocycles. The maximum atomic E-state index is 5.06. The van der Waals surface area contributed by atoms with Crippen LogP contribution in [0.25, 0.3) is 0 Å². The minimum absolute atomic E-state index is 0.594. The number of nitrogens with zero attached hydrogens (tertiary/aromatic N) is 4. The van der Waals surface area contributed by atoms with Gasteiger partial charge in [0.15, 0.2) is 5.16 Å². The summed E-state index contributed by atoms with van der Waals surface area (Å²) in [6, 6.07) is 1.95. The van der Waals surface area contributed by atoms with Gasteiger partial charge in [0.1, 0.15) is 11.6 Å². The van der Waals surface area contributed by atoms with E-state index in [0.717, 1.165) is 34.7 Å². The van der Waals surface area contributed by atoms with Gasteiger partial charge in [0.05, 0.1) is 5.69 Å². The average molecular weight is 276 g/mol. The lowest BCUT2D eigenvalue weighted by Gasteiger charge is -2.05. The first-order chi connectivity index (χ1) is 9.28. The molecule has 19 heavy (non-hydrogen) atoms. The SMILES string of the molecule is C=CCn1c(SCc2cc(C)on2)nnc1C1CC1. The number of hydrogen-bond acceptors (Lipinski definition) is 5. The van der Waals surface area contributed by atoms with Gasteiger partial charge in [-0.3, -0.25) is 0 Å². The Morgan fingerprint density at radius 3 is 3.00 bits per heavy atom. The van der Waals surface area contributed by atoms with E-state index in [9.17, 15) is 0 Å². The topological polar surface area (TPSA) is 56.7 Å². The molecular formula is C13H16N4OS. The summed E-state index contributed by atoms with van der Waals surface area (Å²) < 4.78 is 7.22. The molecule has 1 saturated carbocycles. The van der Waals surface area contributed by atoms with E-state index in [1.165, 1.54) is 12.8 Å². The van der Waals surface area contributed by atoms with Crippen LogP contribution in [0.5, 0.6) is 0 Å². The molecule has 0 aromatic carbocycles. The molecule has 1 aliphatic carbocycles. The minimum atomic E-state index is 0.594. The molecule has 0 saturated heterocycles. The fourth-order valence-electron chi connectivity index (χ4n) is 1.98. The first-order valence-corrected chi connectivity index (χ1v) is 7.35. The zero-order chi connectivity index (χ0) is 13.2. The third-order valence-corrected chi connectivity index (χ3v) is 4.03. The van der Waals surface area contributed by atoms with Crippen LogP contribution < -0.4 is 0 Å². The number of thioether (sulfide) groups is 1. The predicted octanol–water partition coefficient (Wildman–Crippen LogP) is 2.93. The quantitative estimate of drug-likeness (QED) is 0.599. The maximum absolute atomic E-state index is 5.06. The molecule has 0 unspecified atom stereocenters. The lowest BCUT2D eigenvalue weighted by atomic mass is 10.4. The summed E-state index contributed by atoms with van der Waals surface area (Å²) in [6.07, 6.45) is 4.34. The Bertz CT molecular complexity index is 585. The van der Waals surface area contributed by atoms with E-state index in [1.807, 2.05) is 19.1 Å². The van der Waals surface area contributed by atoms with E-state index in [0.29, 0.717) is 5.92 Å². The third-order valence-electron chi connectivity index (χ3n) is 3.03. The Morgan fingerprint density at radius 1 is 1.53 bits per heavy atom. The zero-order valence-corrected chi connectivity index (χ0v) is 11.7. The van der Waals surface area contributed by atoms with Gasteiger partial charge in [0, 0.05) is 24.3 Å². The highest BCUT2D eigenvalue weighted by atomic mass is 32.2. The van der Waals surface area contributed by atoms with Gasteiger partial charge >= 0.3 is 0 Å². The van der Waals surface area contributed by atoms with Crippen LogP contribution in [0.2, 0.25) is 0 Å². The zero-order valence-electron chi connectivity index (χ0n) is 10.9. The molecule has 3 rings (SSSR count). The van der Waals surface area contributed by atoms with Crippen molar-refractivity contribution in [2.75, 3.05) is 0 Å². The summed E-state index contributed by atoms with van der Waals surface area (Å²) in [6.45, 7) is 6.46. The molecule has 0 radical (unpaired) electrons. The fourth-order valence-corrected chi connectivity index (χ4v) is 2.81. The monoisotopic (exact) mass is 276 g/mol. The van der Waals surface area contributed by atoms with Gasteiger partial charge in [0.25, 0.3) is 0 Å². The molecule has 100 valence electrons. The van der Waals surface area contributed by atoms with Gasteiger partial charge in [-0.1, -0.05) is 23.0 Å². The van der Waals surface area contributed by atoms with Crippen LogP contribution in [0.15, 0.2) is 28.4 Å². The maximum Gasteiger partial charge on any atom is 0.191 e. The number of rotatable bonds is 6. The largest absolute Gasteiger partial charge is 0.361 e. The highest BCUT2D eigenvalue weighted by Gasteiger charge is 2.30. The van der Waals surface area contributed by atoms with Gasteiger partial charge in [-0.25, -0.2) is 0 Å². The Labute approximate surface area is 116 Å². The molecule has 1 fully saturated rings. The first-order valence-electron chi connectivity index (χ1n) is 6.37. The van der Waals surface area contributed by atoms with Crippen LogP contribution in [0, 0.1) is 6.92 Å². The number of aromatic nitrogens is 4. The summed E-state index contributed by atoms with van der Waals surface area (Å²) in [5, 5.41) is 13.5. The fraction of sp³-hybridized carbons (Fsp3) is 0.462. The van der Waals surface area contributed by atoms with E-state index in [2.05, 4.69) is 26.5 Å². The Balaban J connectivity index is 1.74. The second kappa shape index (κ2) is 5.21. The molecule has 0 N–H and O–H groups in total. The Hall–Kier alpha value is -1.56. The molecule has 2 aromatic heterocycles. The molecule has 2 aromatic rings. The van der Waals surface area contributed by atoms with Gasteiger partial charge in [0.2, 0.25) is 0 Å². The summed E-state index contributed by atoms with van der Waals surface area (Å²) in [7, 11) is 0. The minimum Gasteiger partial charge on any atom is -0.361 e. The molecule has 6 heteroatoms. The van der Waals surface area contributed by atoms with Crippen molar-refractivity contribution in [1.82, 2.24) is 19.9 Å². The lowest BCUT2D eigenvalue weighted by Crippen LogP contribution is -2.02. The smallest absolute Gasteiger partial charge is 0.191 e. The van der Waals surface area contributed by atoms with Crippen molar-refractivity contribution in [1.29, 1.82) is 0 Å². The van der Waals surface area contributed by atoms with Crippen molar-refractivity contribution in [3.63, 3.8) is 0 Å². The van der Waals surface area contributed by atoms with Crippen LogP contribution in [-0.4, -0.2) is 19.9 Å². The van der Waals surface area contributed by atoms with E-state index in [1.54, 1.807) is 11.8 Å². The van der Waals surface area contributed by atoms with Crippen LogP contribution in [0.1, 0.15) is 36.0 Å². The second-order valence-electron chi connectivity index (χ2n) is 4.73. The number of aryl methyl sites for hydroxylation is 1. The van der Waals surface area contributed by atoms with Crippen LogP contribution in [0.3, 0.4) is 0 Å². The molecule has 0 amide bonds. The summed E-state index contributed by atoms with van der Waals surface area (Å²) in [5.74, 6) is 3.27. The lowest BCUT2D eigenvalue weighted by molar-refractivity contribution is 0.393. The predicted molar refractivity (Wildman–Crippen MR) is 73.0 cm³/mol. The molecule has 2 heterocycles. The average Bonchev–Trinajstić information content (AvgIpc) is 3.04. The summed E-state index contributed by atoms with van der Waals surface area (Å²) >= 11 is 1.64. The van der Waals surface area contributed by atoms with Gasteiger partial charge in [-0.15, -0.1) is 16.8 Å². The molecule has 1 aliphatic rings. The standard InChI is InChI=1S/C13H16N4OS/c1-3-6-17-12(10-4-5-10)14-15-13(17)19-8-11-7-9(2)18-16-11/h3,7,10H,1,4-6,8H2,2H3. The molecule has 0 bridgehead atoms. The van der Waals surface area contributed by atoms with Crippen molar-refractivity contribution in [3.05, 3.63) is 36.0 Å². The number of hydrogen-bond donors (Lipinski definition) is 0. The van der Waals surface area contributed by atoms with Crippen molar-refractivity contribution >= 4 is 11.8 Å². The van der Waals surface area contributed by atoms with Gasteiger partial charge in [-0.05, 0) is 19.8 Å². The van der Waals surface area contributed by atoms with Crippen molar-refractivity contribution in [2.45, 2.75) is 43.1 Å². The normalized spacial score (nSPS) is 14.8. The van der Waals surface area contributed by atoms with E-state index < -0.39 is 0 Å². The molecule has 0 atom stereocenters. The third kappa shape index (κ3) is 2.73. The Morgan fingerprint density at radius 2 is 2.37 bits per heavy atom. The molecule has 0 spiro atoms. The Kier molecular flexibility index (Phi) is 3.42. The van der Waals surface area contributed by atoms with Crippen molar-refractivity contribution in [2.24, 2.45) is 0 Å². The van der Waals surface area contributed by atoms with Crippen molar-refractivity contribution in [3.8, 4) is 0 Å². The van der Waals surface area contributed by atoms with Crippen molar-refractivity contribution < 1.29 is 4.52 Å². The first kappa shape index (κ1) is 12.5.